The Bertz CT molecular complexity index is 2100. The van der Waals surface area contributed by atoms with Gasteiger partial charge in [0.15, 0.2) is 0 Å². The lowest BCUT2D eigenvalue weighted by molar-refractivity contribution is 0.490. The van der Waals surface area contributed by atoms with Crippen LogP contribution in [0.4, 0.5) is 0 Å². The zero-order valence-corrected chi connectivity index (χ0v) is 26.6. The predicted molar refractivity (Wildman–Crippen MR) is 189 cm³/mol. The first-order valence-corrected chi connectivity index (χ1v) is 16.5. The van der Waals surface area contributed by atoms with Crippen LogP contribution in [0, 0.1) is 6.92 Å². The summed E-state index contributed by atoms with van der Waals surface area (Å²) in [6, 6.07) is 44.1. The Morgan fingerprint density at radius 2 is 0.977 bits per heavy atom. The third-order valence-corrected chi connectivity index (χ3v) is 11.5. The van der Waals surface area contributed by atoms with Crippen molar-refractivity contribution in [1.82, 2.24) is 0 Å². The summed E-state index contributed by atoms with van der Waals surface area (Å²) in [5.74, 6) is 0. The first kappa shape index (κ1) is 27.2. The third-order valence-electron chi connectivity index (χ3n) is 11.5. The number of rotatable bonds is 5. The molecule has 216 valence electrons. The van der Waals surface area contributed by atoms with Crippen LogP contribution in [0.3, 0.4) is 0 Å². The highest BCUT2D eigenvalue weighted by atomic mass is 14.4. The van der Waals surface area contributed by atoms with Crippen molar-refractivity contribution in [1.29, 1.82) is 0 Å². The fraction of sp³-hybridized carbons (Fsp3) is 0.227. The Morgan fingerprint density at radius 3 is 1.66 bits per heavy atom. The van der Waals surface area contributed by atoms with Crippen LogP contribution in [0.2, 0.25) is 0 Å². The Kier molecular flexibility index (Phi) is 6.04. The van der Waals surface area contributed by atoms with Crippen LogP contribution in [0.15, 0.2) is 115 Å². The maximum absolute atomic E-state index is 2.51. The highest BCUT2D eigenvalue weighted by Gasteiger charge is 2.41. The number of benzene rings is 6. The topological polar surface area (TPSA) is 0 Å². The lowest BCUT2D eigenvalue weighted by Crippen LogP contribution is -2.23. The maximum Gasteiger partial charge on any atom is 0.0210 e. The molecule has 2 aliphatic carbocycles. The van der Waals surface area contributed by atoms with E-state index in [0.29, 0.717) is 0 Å². The van der Waals surface area contributed by atoms with Gasteiger partial charge in [-0.15, -0.1) is 0 Å². The van der Waals surface area contributed by atoms with Crippen LogP contribution in [0.5, 0.6) is 0 Å². The SMILES string of the molecule is CCC1(C)c2cc(-c3ccc4c(c3)C(CC)(CC)c3ccccc3-4)ccc2-c2ccc(-c3ccc4ccccc4c3C)cc21. The summed E-state index contributed by atoms with van der Waals surface area (Å²) in [7, 11) is 0. The Hall–Kier alpha value is -4.42. The molecule has 6 aromatic carbocycles. The van der Waals surface area contributed by atoms with Gasteiger partial charge in [-0.3, -0.25) is 0 Å². The van der Waals surface area contributed by atoms with E-state index in [-0.39, 0.29) is 10.8 Å². The molecule has 0 N–H and O–H groups in total. The van der Waals surface area contributed by atoms with E-state index in [1.54, 1.807) is 0 Å². The summed E-state index contributed by atoms with van der Waals surface area (Å²) in [5.41, 5.74) is 18.2. The molecule has 0 nitrogen and oxygen atoms in total. The normalized spacial score (nSPS) is 17.3. The van der Waals surface area contributed by atoms with Crippen molar-refractivity contribution in [2.75, 3.05) is 0 Å². The van der Waals surface area contributed by atoms with Crippen LogP contribution in [0.25, 0.3) is 55.3 Å². The van der Waals surface area contributed by atoms with E-state index in [2.05, 4.69) is 150 Å². The van der Waals surface area contributed by atoms with E-state index in [4.69, 9.17) is 0 Å². The number of hydrogen-bond donors (Lipinski definition) is 0. The molecule has 0 saturated heterocycles. The molecule has 1 unspecified atom stereocenters. The maximum atomic E-state index is 2.51. The highest BCUT2D eigenvalue weighted by Crippen LogP contribution is 2.55. The monoisotopic (exact) mass is 568 g/mol. The molecule has 0 heterocycles. The van der Waals surface area contributed by atoms with Gasteiger partial charge in [0.1, 0.15) is 0 Å². The first-order chi connectivity index (χ1) is 21.4. The van der Waals surface area contributed by atoms with E-state index in [9.17, 15) is 0 Å². The van der Waals surface area contributed by atoms with Gasteiger partial charge in [0.2, 0.25) is 0 Å². The summed E-state index contributed by atoms with van der Waals surface area (Å²) >= 11 is 0. The number of fused-ring (bicyclic) bond motifs is 7. The van der Waals surface area contributed by atoms with Gasteiger partial charge in [0, 0.05) is 10.8 Å². The fourth-order valence-electron chi connectivity index (χ4n) is 8.73. The van der Waals surface area contributed by atoms with Crippen molar-refractivity contribution < 1.29 is 0 Å². The van der Waals surface area contributed by atoms with Gasteiger partial charge in [-0.05, 0) is 127 Å². The molecule has 0 radical (unpaired) electrons. The molecule has 6 aromatic rings. The average Bonchev–Trinajstić information content (AvgIpc) is 3.50. The summed E-state index contributed by atoms with van der Waals surface area (Å²) in [6.45, 7) is 11.8. The van der Waals surface area contributed by atoms with Gasteiger partial charge in [-0.2, -0.15) is 0 Å². The molecule has 0 fully saturated rings. The van der Waals surface area contributed by atoms with Crippen molar-refractivity contribution >= 4 is 10.8 Å². The van der Waals surface area contributed by atoms with Crippen molar-refractivity contribution in [2.45, 2.75) is 64.7 Å². The van der Waals surface area contributed by atoms with E-state index in [0.717, 1.165) is 19.3 Å². The van der Waals surface area contributed by atoms with E-state index < -0.39 is 0 Å². The molecule has 2 aliphatic rings. The number of aryl methyl sites for hydroxylation is 1. The molecule has 0 bridgehead atoms. The quantitative estimate of drug-likeness (QED) is 0.194. The second-order valence-corrected chi connectivity index (χ2v) is 13.3. The molecule has 0 aromatic heterocycles. The van der Waals surface area contributed by atoms with Gasteiger partial charge in [0.05, 0.1) is 0 Å². The number of hydrogen-bond acceptors (Lipinski definition) is 0. The van der Waals surface area contributed by atoms with Gasteiger partial charge in [-0.25, -0.2) is 0 Å². The molecule has 1 atom stereocenters. The average molecular weight is 569 g/mol. The lowest BCUT2D eigenvalue weighted by atomic mass is 9.73. The minimum atomic E-state index is -0.0367. The summed E-state index contributed by atoms with van der Waals surface area (Å²) in [4.78, 5) is 0. The van der Waals surface area contributed by atoms with E-state index in [1.165, 1.54) is 83.1 Å². The Labute approximate surface area is 262 Å². The molecule has 0 heteroatoms. The van der Waals surface area contributed by atoms with E-state index in [1.807, 2.05) is 0 Å². The van der Waals surface area contributed by atoms with Gasteiger partial charge >= 0.3 is 0 Å². The molecule has 0 amide bonds. The fourth-order valence-corrected chi connectivity index (χ4v) is 8.73. The molecular weight excluding hydrogens is 528 g/mol. The van der Waals surface area contributed by atoms with Crippen LogP contribution in [-0.4, -0.2) is 0 Å². The minimum absolute atomic E-state index is 0.0367. The van der Waals surface area contributed by atoms with E-state index >= 15 is 0 Å². The van der Waals surface area contributed by atoms with Crippen molar-refractivity contribution in [3.05, 3.63) is 143 Å². The van der Waals surface area contributed by atoms with Gasteiger partial charge < -0.3 is 0 Å². The van der Waals surface area contributed by atoms with Crippen LogP contribution in [-0.2, 0) is 10.8 Å². The second kappa shape index (κ2) is 9.80. The zero-order chi connectivity index (χ0) is 30.2. The predicted octanol–water partition coefficient (Wildman–Crippen LogP) is 12.3. The molecule has 44 heavy (non-hydrogen) atoms. The highest BCUT2D eigenvalue weighted by molar-refractivity contribution is 5.93. The van der Waals surface area contributed by atoms with Crippen molar-refractivity contribution in [3.8, 4) is 44.5 Å². The molecular formula is C44H40. The molecule has 8 rings (SSSR count). The Morgan fingerprint density at radius 1 is 0.455 bits per heavy atom. The Balaban J connectivity index is 1.23. The first-order valence-electron chi connectivity index (χ1n) is 16.5. The summed E-state index contributed by atoms with van der Waals surface area (Å²) in [6.07, 6.45) is 3.29. The third kappa shape index (κ3) is 3.58. The molecule has 0 spiro atoms. The molecule has 0 saturated carbocycles. The smallest absolute Gasteiger partial charge is 0.0210 e. The van der Waals surface area contributed by atoms with Crippen LogP contribution < -0.4 is 0 Å². The zero-order valence-electron chi connectivity index (χ0n) is 26.6. The van der Waals surface area contributed by atoms with Crippen LogP contribution in [0.1, 0.15) is 74.8 Å². The summed E-state index contributed by atoms with van der Waals surface area (Å²) < 4.78 is 0. The minimum Gasteiger partial charge on any atom is -0.0642 e. The van der Waals surface area contributed by atoms with Gasteiger partial charge in [0.25, 0.3) is 0 Å². The lowest BCUT2D eigenvalue weighted by Gasteiger charge is -2.30. The second-order valence-electron chi connectivity index (χ2n) is 13.3. The van der Waals surface area contributed by atoms with Crippen molar-refractivity contribution in [2.24, 2.45) is 0 Å². The summed E-state index contributed by atoms with van der Waals surface area (Å²) in [5, 5.41) is 2.64. The standard InChI is InChI=1S/C44H40/c1-6-43(5)40-25-30(31-19-23-38-35-15-11-12-16-39(35)44(7-2,8-3)42(38)26-31)18-22-36(40)37-24-20-32(27-41(37)43)34-21-17-29-13-9-10-14-33(29)28(34)4/h9-27H,6-8H2,1-5H3. The van der Waals surface area contributed by atoms with Crippen LogP contribution >= 0.6 is 0 Å². The van der Waals surface area contributed by atoms with Gasteiger partial charge in [-0.1, -0.05) is 125 Å². The molecule has 0 aliphatic heterocycles. The van der Waals surface area contributed by atoms with Crippen molar-refractivity contribution in [3.63, 3.8) is 0 Å². The largest absolute Gasteiger partial charge is 0.0642 e.